The highest BCUT2D eigenvalue weighted by Crippen LogP contribution is 2.19. The van der Waals surface area contributed by atoms with Gasteiger partial charge in [-0.3, -0.25) is 4.79 Å². The largest absolute Gasteiger partial charge is 0.394 e. The Kier molecular flexibility index (Phi) is 59.9. The van der Waals surface area contributed by atoms with Gasteiger partial charge in [0.25, 0.3) is 0 Å². The van der Waals surface area contributed by atoms with E-state index in [0.717, 1.165) is 38.5 Å². The van der Waals surface area contributed by atoms with E-state index >= 15 is 0 Å². The van der Waals surface area contributed by atoms with Gasteiger partial charge in [-0.15, -0.1) is 0 Å². The Balaban J connectivity index is 3.48. The molecule has 0 saturated heterocycles. The zero-order chi connectivity index (χ0) is 51.4. The van der Waals surface area contributed by atoms with Gasteiger partial charge in [0.1, 0.15) is 0 Å². The summed E-state index contributed by atoms with van der Waals surface area (Å²) in [5.74, 6) is -0.323. The molecule has 0 spiro atoms. The lowest BCUT2D eigenvalue weighted by molar-refractivity contribution is -0.124. The molecule has 420 valence electrons. The van der Waals surface area contributed by atoms with Crippen molar-refractivity contribution in [2.75, 3.05) is 6.61 Å². The van der Waals surface area contributed by atoms with Crippen molar-refractivity contribution in [3.8, 4) is 0 Å². The minimum absolute atomic E-state index is 0.00583. The Morgan fingerprint density at radius 2 is 0.606 bits per heavy atom. The minimum atomic E-state index is -0.960. The molecule has 0 aromatic heterocycles. The van der Waals surface area contributed by atoms with Crippen LogP contribution in [-0.4, -0.2) is 46.1 Å². The lowest BCUT2D eigenvalue weighted by atomic mass is 10.0. The van der Waals surface area contributed by atoms with Gasteiger partial charge < -0.3 is 20.6 Å². The third-order valence-corrected chi connectivity index (χ3v) is 15.2. The molecule has 0 fully saturated rings. The molecule has 4 N–H and O–H groups in total. The number of hydrogen-bond acceptors (Lipinski definition) is 4. The SMILES string of the molecule is CCCCCCCCCCC/C=C/CC/C=C/CC/C=C/C(O)C(CO)NC(=O)CC(O)CCCCCCCCCCCCCCCCCCCCCCCCCCCCCCCCCCCCCCC. The molecule has 0 bridgehead atoms. The average molecular weight is 999 g/mol. The number of carbonyl (C=O) groups excluding carboxylic acids is 1. The van der Waals surface area contributed by atoms with Crippen LogP contribution in [0.5, 0.6) is 0 Å². The van der Waals surface area contributed by atoms with Crippen LogP contribution in [-0.2, 0) is 4.79 Å². The normalized spacial score (nSPS) is 13.4. The van der Waals surface area contributed by atoms with Crippen molar-refractivity contribution in [1.82, 2.24) is 5.32 Å². The second kappa shape index (κ2) is 61.1. The summed E-state index contributed by atoms with van der Waals surface area (Å²) in [6, 6.07) is -0.767. The molecule has 0 radical (unpaired) electrons. The van der Waals surface area contributed by atoms with Crippen LogP contribution in [0, 0.1) is 0 Å². The summed E-state index contributed by atoms with van der Waals surface area (Å²) in [4.78, 5) is 12.5. The van der Waals surface area contributed by atoms with E-state index in [4.69, 9.17) is 0 Å². The van der Waals surface area contributed by atoms with Crippen LogP contribution in [0.2, 0.25) is 0 Å². The molecule has 0 aliphatic rings. The summed E-state index contributed by atoms with van der Waals surface area (Å²) in [6.45, 7) is 4.23. The van der Waals surface area contributed by atoms with Gasteiger partial charge in [0, 0.05) is 0 Å². The lowest BCUT2D eigenvalue weighted by Gasteiger charge is -2.21. The molecule has 0 aromatic carbocycles. The van der Waals surface area contributed by atoms with Gasteiger partial charge in [-0.25, -0.2) is 0 Å². The first-order valence-electron chi connectivity index (χ1n) is 32.3. The Morgan fingerprint density at radius 3 is 0.901 bits per heavy atom. The predicted octanol–water partition coefficient (Wildman–Crippen LogP) is 20.6. The van der Waals surface area contributed by atoms with Gasteiger partial charge in [0.05, 0.1) is 31.3 Å². The van der Waals surface area contributed by atoms with E-state index in [-0.39, 0.29) is 18.9 Å². The van der Waals surface area contributed by atoms with Crippen molar-refractivity contribution in [2.24, 2.45) is 0 Å². The fourth-order valence-electron chi connectivity index (χ4n) is 10.3. The molecule has 0 aliphatic heterocycles. The zero-order valence-corrected chi connectivity index (χ0v) is 48.1. The van der Waals surface area contributed by atoms with Crippen LogP contribution in [0.3, 0.4) is 0 Å². The van der Waals surface area contributed by atoms with E-state index in [9.17, 15) is 20.1 Å². The molecule has 71 heavy (non-hydrogen) atoms. The van der Waals surface area contributed by atoms with Gasteiger partial charge >= 0.3 is 0 Å². The number of unbranched alkanes of at least 4 members (excludes halogenated alkanes) is 47. The number of aliphatic hydroxyl groups excluding tert-OH is 3. The highest BCUT2D eigenvalue weighted by Gasteiger charge is 2.20. The van der Waals surface area contributed by atoms with Crippen molar-refractivity contribution in [3.63, 3.8) is 0 Å². The molecule has 3 atom stereocenters. The summed E-state index contributed by atoms with van der Waals surface area (Å²) in [6.07, 6.45) is 81.0. The molecule has 5 heteroatoms. The summed E-state index contributed by atoms with van der Waals surface area (Å²) < 4.78 is 0. The van der Waals surface area contributed by atoms with Crippen LogP contribution in [0.15, 0.2) is 36.5 Å². The van der Waals surface area contributed by atoms with Crippen LogP contribution in [0.4, 0.5) is 0 Å². The van der Waals surface area contributed by atoms with Crippen molar-refractivity contribution in [3.05, 3.63) is 36.5 Å². The van der Waals surface area contributed by atoms with E-state index in [2.05, 4.69) is 43.5 Å². The van der Waals surface area contributed by atoms with Gasteiger partial charge in [0.2, 0.25) is 5.91 Å². The Bertz CT molecular complexity index is 1100. The summed E-state index contributed by atoms with van der Waals surface area (Å²) in [5.41, 5.74) is 0. The number of carbonyl (C=O) groups is 1. The monoisotopic (exact) mass is 998 g/mol. The zero-order valence-electron chi connectivity index (χ0n) is 48.1. The number of aliphatic hydroxyl groups is 3. The number of nitrogens with one attached hydrogen (secondary N) is 1. The fraction of sp³-hybridized carbons (Fsp3) is 0.894. The van der Waals surface area contributed by atoms with Crippen molar-refractivity contribution >= 4 is 5.91 Å². The average Bonchev–Trinajstić information content (AvgIpc) is 3.37. The maximum absolute atomic E-state index is 12.5. The van der Waals surface area contributed by atoms with Crippen LogP contribution in [0.1, 0.15) is 354 Å². The fourth-order valence-corrected chi connectivity index (χ4v) is 10.3. The number of amides is 1. The van der Waals surface area contributed by atoms with Crippen LogP contribution in [0.25, 0.3) is 0 Å². The highest BCUT2D eigenvalue weighted by atomic mass is 16.3. The van der Waals surface area contributed by atoms with E-state index in [0.29, 0.717) is 6.42 Å². The third-order valence-electron chi connectivity index (χ3n) is 15.2. The second-order valence-electron chi connectivity index (χ2n) is 22.4. The molecule has 0 rings (SSSR count). The van der Waals surface area contributed by atoms with Gasteiger partial charge in [-0.2, -0.15) is 0 Å². The van der Waals surface area contributed by atoms with Crippen molar-refractivity contribution in [1.29, 1.82) is 0 Å². The third kappa shape index (κ3) is 57.7. The Labute approximate surface area is 444 Å². The first-order valence-corrected chi connectivity index (χ1v) is 32.3. The molecule has 0 aromatic rings. The Hall–Kier alpha value is -1.43. The van der Waals surface area contributed by atoms with Gasteiger partial charge in [-0.1, -0.05) is 339 Å². The van der Waals surface area contributed by atoms with E-state index in [1.807, 2.05) is 6.08 Å². The second-order valence-corrected chi connectivity index (χ2v) is 22.4. The smallest absolute Gasteiger partial charge is 0.222 e. The van der Waals surface area contributed by atoms with Crippen molar-refractivity contribution < 1.29 is 20.1 Å². The quantitative estimate of drug-likeness (QED) is 0.0361. The number of rotatable bonds is 60. The first-order chi connectivity index (χ1) is 35.0. The molecule has 0 heterocycles. The first kappa shape index (κ1) is 69.6. The standard InChI is InChI=1S/C66H127NO4/c1-3-5-7-9-11-13-15-17-19-21-23-24-25-26-27-28-29-30-31-32-33-34-35-36-37-38-39-40-42-43-45-47-49-51-53-55-57-59-63(69)61-66(71)67-64(62-68)65(70)60-58-56-54-52-50-48-46-44-41-22-20-18-16-14-12-10-8-6-4-2/h41,44,50,52,58,60,63-65,68-70H,3-40,42-43,45-49,51,53-57,59,61-62H2,1-2H3,(H,67,71)/b44-41+,52-50+,60-58+. The Morgan fingerprint density at radius 1 is 0.352 bits per heavy atom. The van der Waals surface area contributed by atoms with Gasteiger partial charge in [-0.05, 0) is 44.9 Å². The maximum atomic E-state index is 12.5. The van der Waals surface area contributed by atoms with E-state index < -0.39 is 18.2 Å². The lowest BCUT2D eigenvalue weighted by Crippen LogP contribution is -2.45. The molecular weight excluding hydrogens is 871 g/mol. The van der Waals surface area contributed by atoms with Crippen molar-refractivity contribution in [2.45, 2.75) is 372 Å². The van der Waals surface area contributed by atoms with E-state index in [1.54, 1.807) is 6.08 Å². The topological polar surface area (TPSA) is 89.8 Å². The summed E-state index contributed by atoms with van der Waals surface area (Å²) in [5, 5.41) is 33.5. The number of hydrogen-bond donors (Lipinski definition) is 4. The molecule has 0 saturated carbocycles. The minimum Gasteiger partial charge on any atom is -0.394 e. The van der Waals surface area contributed by atoms with E-state index in [1.165, 1.54) is 289 Å². The molecule has 5 nitrogen and oxygen atoms in total. The summed E-state index contributed by atoms with van der Waals surface area (Å²) in [7, 11) is 0. The molecule has 0 aliphatic carbocycles. The van der Waals surface area contributed by atoms with Gasteiger partial charge in [0.15, 0.2) is 0 Å². The molecular formula is C66H127NO4. The summed E-state index contributed by atoms with van der Waals surface area (Å²) >= 11 is 0. The maximum Gasteiger partial charge on any atom is 0.222 e. The van der Waals surface area contributed by atoms with Crippen LogP contribution >= 0.6 is 0 Å². The highest BCUT2D eigenvalue weighted by molar-refractivity contribution is 5.76. The number of allylic oxidation sites excluding steroid dienone is 5. The molecule has 1 amide bonds. The molecule has 3 unspecified atom stereocenters. The van der Waals surface area contributed by atoms with Crippen LogP contribution < -0.4 is 5.32 Å². The predicted molar refractivity (Wildman–Crippen MR) is 314 cm³/mol.